The van der Waals surface area contributed by atoms with Crippen LogP contribution < -0.4 is 15.4 Å². The van der Waals surface area contributed by atoms with Crippen LogP contribution in [0.25, 0.3) is 0 Å². The average Bonchev–Trinajstić information content (AvgIpc) is 3.60. The van der Waals surface area contributed by atoms with E-state index in [0.717, 1.165) is 42.1 Å². The molecule has 1 aliphatic heterocycles. The molecule has 156 valence electrons. The summed E-state index contributed by atoms with van der Waals surface area (Å²) in [6.07, 6.45) is 4.92. The number of rotatable bonds is 5. The van der Waals surface area contributed by atoms with Gasteiger partial charge < -0.3 is 15.4 Å². The van der Waals surface area contributed by atoms with Gasteiger partial charge >= 0.3 is 0 Å². The lowest BCUT2D eigenvalue weighted by Crippen LogP contribution is -2.41. The van der Waals surface area contributed by atoms with Crippen molar-refractivity contribution >= 4 is 35.1 Å². The van der Waals surface area contributed by atoms with Gasteiger partial charge in [-0.25, -0.2) is 18.2 Å². The number of benzene rings is 1. The molecule has 3 N–H and O–H groups in total. The zero-order chi connectivity index (χ0) is 20.2. The summed E-state index contributed by atoms with van der Waals surface area (Å²) < 4.78 is 43.4. The van der Waals surface area contributed by atoms with Crippen molar-refractivity contribution in [3.63, 3.8) is 0 Å². The number of nitrogens with one attached hydrogen (secondary N) is 3. The second kappa shape index (κ2) is 7.11. The van der Waals surface area contributed by atoms with E-state index < -0.39 is 17.7 Å². The van der Waals surface area contributed by atoms with Crippen molar-refractivity contribution in [1.29, 1.82) is 0 Å². The third-order valence-corrected chi connectivity index (χ3v) is 6.92. The fraction of sp³-hybridized carbons (Fsp3) is 0.600. The molecule has 0 bridgehead atoms. The molecule has 1 unspecified atom stereocenters. The number of amides is 1. The van der Waals surface area contributed by atoms with Crippen molar-refractivity contribution < 1.29 is 18.0 Å². The van der Waals surface area contributed by atoms with Crippen molar-refractivity contribution in [2.45, 2.75) is 67.8 Å². The average molecular weight is 424 g/mol. The highest BCUT2D eigenvalue weighted by molar-refractivity contribution is 7.98. The molecular weight excluding hydrogens is 401 g/mol. The molecule has 1 aromatic carbocycles. The second-order valence-electron chi connectivity index (χ2n) is 8.49. The fourth-order valence-electron chi connectivity index (χ4n) is 4.06. The van der Waals surface area contributed by atoms with Gasteiger partial charge in [-0.1, -0.05) is 0 Å². The second-order valence-corrected chi connectivity index (χ2v) is 9.34. The van der Waals surface area contributed by atoms with Gasteiger partial charge in [0.1, 0.15) is 23.3 Å². The first-order valence-electron chi connectivity index (χ1n) is 10.2. The number of fused-ring (bicyclic) bond motifs is 1. The Kier molecular flexibility index (Phi) is 4.68. The van der Waals surface area contributed by atoms with Gasteiger partial charge in [-0.2, -0.15) is 0 Å². The lowest BCUT2D eigenvalue weighted by Gasteiger charge is -2.31. The molecule has 29 heavy (non-hydrogen) atoms. The van der Waals surface area contributed by atoms with E-state index in [9.17, 15) is 18.0 Å². The Hall–Kier alpha value is -1.90. The number of carbonyl (C=O) groups is 1. The first kappa shape index (κ1) is 19.1. The molecule has 3 fully saturated rings. The summed E-state index contributed by atoms with van der Waals surface area (Å²) in [5, 5.41) is 6.20. The predicted molar refractivity (Wildman–Crippen MR) is 106 cm³/mol. The molecule has 1 atom stereocenters. The first-order valence-corrected chi connectivity index (χ1v) is 11.0. The maximum Gasteiger partial charge on any atom is 0.260 e. The topological polar surface area (TPSA) is 65.5 Å². The monoisotopic (exact) mass is 424 g/mol. The maximum absolute atomic E-state index is 14.1. The van der Waals surface area contributed by atoms with Crippen LogP contribution in [-0.2, 0) is 4.79 Å². The molecule has 0 spiro atoms. The van der Waals surface area contributed by atoms with Crippen LogP contribution in [0.4, 0.5) is 24.5 Å². The van der Waals surface area contributed by atoms with Gasteiger partial charge in [0.25, 0.3) is 5.92 Å². The van der Waals surface area contributed by atoms with Gasteiger partial charge in [0.15, 0.2) is 0 Å². The summed E-state index contributed by atoms with van der Waals surface area (Å²) >= 11 is 1.40. The highest BCUT2D eigenvalue weighted by Gasteiger charge is 2.61. The van der Waals surface area contributed by atoms with Crippen molar-refractivity contribution in [2.24, 2.45) is 16.8 Å². The predicted octanol–water partition coefficient (Wildman–Crippen LogP) is 4.37. The summed E-state index contributed by atoms with van der Waals surface area (Å²) in [7, 11) is 0. The Morgan fingerprint density at radius 3 is 2.48 bits per heavy atom. The number of amidine groups is 1. The number of carbonyl (C=O) groups excluding carboxylic acids is 1. The normalized spacial score (nSPS) is 29.9. The van der Waals surface area contributed by atoms with Crippen LogP contribution in [0.2, 0.25) is 0 Å². The molecule has 5 rings (SSSR count). The van der Waals surface area contributed by atoms with Crippen LogP contribution in [0.1, 0.15) is 44.9 Å². The van der Waals surface area contributed by atoms with Crippen LogP contribution in [0.3, 0.4) is 0 Å². The van der Waals surface area contributed by atoms with E-state index in [0.29, 0.717) is 24.4 Å². The van der Waals surface area contributed by atoms with E-state index in [2.05, 4.69) is 15.4 Å². The molecule has 3 aliphatic carbocycles. The lowest BCUT2D eigenvalue weighted by atomic mass is 9.90. The summed E-state index contributed by atoms with van der Waals surface area (Å²) in [4.78, 5) is 17.4. The molecule has 0 radical (unpaired) electrons. The minimum atomic E-state index is -2.83. The SMILES string of the molecule is O=C(NC1CCC(Nc2cc(F)cc3c2N=C(C2CC2)NS3)CC1)C1CC1(F)F. The zero-order valence-corrected chi connectivity index (χ0v) is 16.6. The number of hydrogen-bond donors (Lipinski definition) is 3. The van der Waals surface area contributed by atoms with Gasteiger partial charge in [-0.3, -0.25) is 4.79 Å². The third-order valence-electron chi connectivity index (χ3n) is 6.08. The van der Waals surface area contributed by atoms with Crippen molar-refractivity contribution in [3.05, 3.63) is 17.9 Å². The van der Waals surface area contributed by atoms with Gasteiger partial charge in [0.05, 0.1) is 10.6 Å². The molecule has 4 aliphatic rings. The summed E-state index contributed by atoms with van der Waals surface area (Å²) in [6, 6.07) is 3.04. The van der Waals surface area contributed by atoms with Crippen LogP contribution in [0, 0.1) is 17.7 Å². The van der Waals surface area contributed by atoms with E-state index in [1.54, 1.807) is 0 Å². The molecule has 3 saturated carbocycles. The molecule has 1 amide bonds. The van der Waals surface area contributed by atoms with E-state index in [1.165, 1.54) is 24.1 Å². The largest absolute Gasteiger partial charge is 0.380 e. The van der Waals surface area contributed by atoms with Crippen LogP contribution in [-0.4, -0.2) is 29.7 Å². The first-order chi connectivity index (χ1) is 13.9. The van der Waals surface area contributed by atoms with Gasteiger partial charge in [-0.15, -0.1) is 0 Å². The van der Waals surface area contributed by atoms with Gasteiger partial charge in [0, 0.05) is 24.4 Å². The molecule has 9 heteroatoms. The maximum atomic E-state index is 14.1. The van der Waals surface area contributed by atoms with Crippen LogP contribution in [0.15, 0.2) is 22.0 Å². The molecule has 0 saturated heterocycles. The van der Waals surface area contributed by atoms with Gasteiger partial charge in [-0.05, 0) is 62.6 Å². The van der Waals surface area contributed by atoms with Crippen molar-refractivity contribution in [3.8, 4) is 0 Å². The highest BCUT2D eigenvalue weighted by Crippen LogP contribution is 2.49. The van der Waals surface area contributed by atoms with E-state index in [4.69, 9.17) is 4.99 Å². The molecule has 5 nitrogen and oxygen atoms in total. The standard InChI is InChI=1S/C20H23F3N4OS/c21-11-7-15(17-16(8-11)29-27-18(26-17)10-1-2-10)24-12-3-5-13(6-4-12)25-19(28)14-9-20(14,22)23/h7-8,10,12-14,24H,1-6,9H2,(H,25,28)(H,26,27). The molecule has 0 aromatic heterocycles. The number of hydrogen-bond acceptors (Lipinski definition) is 5. The number of anilines is 1. The van der Waals surface area contributed by atoms with Crippen molar-refractivity contribution in [1.82, 2.24) is 10.0 Å². The fourth-order valence-corrected chi connectivity index (χ4v) is 4.91. The Bertz CT molecular complexity index is 866. The third kappa shape index (κ3) is 4.06. The Morgan fingerprint density at radius 2 is 1.83 bits per heavy atom. The van der Waals surface area contributed by atoms with E-state index in [1.807, 2.05) is 0 Å². The summed E-state index contributed by atoms with van der Waals surface area (Å²) in [5.41, 5.74) is 1.47. The molecule has 1 heterocycles. The minimum absolute atomic E-state index is 0.0716. The van der Waals surface area contributed by atoms with Crippen molar-refractivity contribution in [2.75, 3.05) is 5.32 Å². The minimum Gasteiger partial charge on any atom is -0.380 e. The summed E-state index contributed by atoms with van der Waals surface area (Å²) in [6.45, 7) is 0. The quantitative estimate of drug-likeness (QED) is 0.614. The molecular formula is C20H23F3N4OS. The smallest absolute Gasteiger partial charge is 0.260 e. The van der Waals surface area contributed by atoms with Crippen LogP contribution >= 0.6 is 11.9 Å². The Labute approximate surface area is 171 Å². The number of alkyl halides is 2. The lowest BCUT2D eigenvalue weighted by molar-refractivity contribution is -0.125. The Morgan fingerprint density at radius 1 is 1.14 bits per heavy atom. The van der Waals surface area contributed by atoms with Gasteiger partial charge in [0.2, 0.25) is 5.91 Å². The number of aliphatic imine (C=N–C) groups is 1. The Balaban J connectivity index is 1.21. The molecule has 1 aromatic rings. The number of halogens is 3. The van der Waals surface area contributed by atoms with E-state index >= 15 is 0 Å². The van der Waals surface area contributed by atoms with E-state index in [-0.39, 0.29) is 24.3 Å². The summed E-state index contributed by atoms with van der Waals surface area (Å²) in [5.74, 6) is -3.38. The zero-order valence-electron chi connectivity index (χ0n) is 15.8. The number of nitrogens with zero attached hydrogens (tertiary/aromatic N) is 1. The van der Waals surface area contributed by atoms with Crippen LogP contribution in [0.5, 0.6) is 0 Å². The highest BCUT2D eigenvalue weighted by atomic mass is 32.2.